The van der Waals surface area contributed by atoms with Gasteiger partial charge in [-0.1, -0.05) is 6.92 Å². The number of nitrogens with zero attached hydrogens (tertiary/aromatic N) is 1. The fourth-order valence-corrected chi connectivity index (χ4v) is 2.74. The Kier molecular flexibility index (Phi) is 4.22. The fraction of sp³-hybridized carbons (Fsp3) is 0.300. The van der Waals surface area contributed by atoms with Gasteiger partial charge >= 0.3 is 0 Å². The Balaban J connectivity index is 3.81. The minimum atomic E-state index is -4.75. The van der Waals surface area contributed by atoms with E-state index in [9.17, 15) is 27.9 Å². The molecule has 0 aliphatic rings. The number of carbonyl (C=O) groups is 1. The number of nitro groups is 1. The summed E-state index contributed by atoms with van der Waals surface area (Å²) >= 11 is 0. The van der Waals surface area contributed by atoms with Gasteiger partial charge in [-0.25, -0.2) is 0 Å². The van der Waals surface area contributed by atoms with E-state index in [1.807, 2.05) is 0 Å². The molecule has 0 saturated carbocycles. The molecule has 0 heterocycles. The van der Waals surface area contributed by atoms with E-state index in [1.54, 1.807) is 0 Å². The summed E-state index contributed by atoms with van der Waals surface area (Å²) in [5, 5.41) is 13.0. The Bertz CT molecular complexity index is 638. The molecule has 2 N–H and O–H groups in total. The van der Waals surface area contributed by atoms with Crippen LogP contribution in [0.25, 0.3) is 0 Å². The SMILES string of the molecule is CCc1c([N+](=O)[O-])ccc(C(=O)NC)c1S(=O)(=O)O. The molecule has 0 fully saturated rings. The minimum absolute atomic E-state index is 0.0176. The van der Waals surface area contributed by atoms with Crippen LogP contribution in [0.1, 0.15) is 22.8 Å². The normalized spacial score (nSPS) is 11.1. The lowest BCUT2D eigenvalue weighted by atomic mass is 10.1. The number of nitrogens with one attached hydrogen (secondary N) is 1. The van der Waals surface area contributed by atoms with Crippen molar-refractivity contribution in [3.8, 4) is 0 Å². The van der Waals surface area contributed by atoms with Crippen LogP contribution in [-0.2, 0) is 16.5 Å². The van der Waals surface area contributed by atoms with Crippen molar-refractivity contribution in [3.63, 3.8) is 0 Å². The molecule has 0 aliphatic heterocycles. The molecule has 0 radical (unpaired) electrons. The molecule has 8 nitrogen and oxygen atoms in total. The van der Waals surface area contributed by atoms with Gasteiger partial charge in [0.2, 0.25) is 0 Å². The Morgan fingerprint density at radius 1 is 1.47 bits per heavy atom. The topological polar surface area (TPSA) is 127 Å². The van der Waals surface area contributed by atoms with Crippen LogP contribution >= 0.6 is 0 Å². The second-order valence-corrected chi connectivity index (χ2v) is 4.96. The lowest BCUT2D eigenvalue weighted by Crippen LogP contribution is -2.22. The highest BCUT2D eigenvalue weighted by Gasteiger charge is 2.29. The summed E-state index contributed by atoms with van der Waals surface area (Å²) in [4.78, 5) is 20.9. The van der Waals surface area contributed by atoms with Gasteiger partial charge in [0, 0.05) is 13.1 Å². The molecule has 0 atom stereocenters. The molecule has 0 bridgehead atoms. The highest BCUT2D eigenvalue weighted by Crippen LogP contribution is 2.29. The molecule has 1 aromatic rings. The van der Waals surface area contributed by atoms with Gasteiger partial charge in [-0.3, -0.25) is 19.5 Å². The summed E-state index contributed by atoms with van der Waals surface area (Å²) in [6, 6.07) is 2.04. The highest BCUT2D eigenvalue weighted by molar-refractivity contribution is 7.86. The first-order valence-electron chi connectivity index (χ1n) is 5.23. The lowest BCUT2D eigenvalue weighted by molar-refractivity contribution is -0.385. The third-order valence-electron chi connectivity index (χ3n) is 2.52. The van der Waals surface area contributed by atoms with Crippen molar-refractivity contribution in [2.75, 3.05) is 7.05 Å². The van der Waals surface area contributed by atoms with E-state index in [0.717, 1.165) is 12.1 Å². The summed E-state index contributed by atoms with van der Waals surface area (Å²) in [7, 11) is -3.47. The van der Waals surface area contributed by atoms with Crippen molar-refractivity contribution in [3.05, 3.63) is 33.4 Å². The molecule has 0 aliphatic carbocycles. The minimum Gasteiger partial charge on any atom is -0.355 e. The van der Waals surface area contributed by atoms with Crippen molar-refractivity contribution in [1.29, 1.82) is 0 Å². The summed E-state index contributed by atoms with van der Waals surface area (Å²) in [5.41, 5.74) is -0.983. The van der Waals surface area contributed by atoms with Gasteiger partial charge in [0.15, 0.2) is 0 Å². The number of benzene rings is 1. The van der Waals surface area contributed by atoms with E-state index in [1.165, 1.54) is 14.0 Å². The Morgan fingerprint density at radius 3 is 2.42 bits per heavy atom. The summed E-state index contributed by atoms with van der Waals surface area (Å²) < 4.78 is 32.0. The van der Waals surface area contributed by atoms with Crippen LogP contribution in [0.15, 0.2) is 17.0 Å². The quantitative estimate of drug-likeness (QED) is 0.478. The standard InChI is InChI=1S/C10H12N2O6S/c1-3-6-8(12(14)15)5-4-7(10(13)11-2)9(6)19(16,17)18/h4-5H,3H2,1-2H3,(H,11,13)(H,16,17,18). The van der Waals surface area contributed by atoms with E-state index < -0.39 is 31.5 Å². The molecule has 0 unspecified atom stereocenters. The zero-order valence-corrected chi connectivity index (χ0v) is 11.0. The van der Waals surface area contributed by atoms with Crippen LogP contribution in [0.3, 0.4) is 0 Å². The second-order valence-electron chi connectivity index (χ2n) is 3.60. The molecular formula is C10H12N2O6S. The maximum absolute atomic E-state index is 11.6. The largest absolute Gasteiger partial charge is 0.355 e. The van der Waals surface area contributed by atoms with Crippen molar-refractivity contribution < 1.29 is 22.7 Å². The van der Waals surface area contributed by atoms with Crippen LogP contribution in [0, 0.1) is 10.1 Å². The number of hydrogen-bond donors (Lipinski definition) is 2. The van der Waals surface area contributed by atoms with Crippen LogP contribution in [0.2, 0.25) is 0 Å². The van der Waals surface area contributed by atoms with E-state index in [4.69, 9.17) is 0 Å². The molecular weight excluding hydrogens is 276 g/mol. The summed E-state index contributed by atoms with van der Waals surface area (Å²) in [5.74, 6) is -0.753. The Morgan fingerprint density at radius 2 is 2.05 bits per heavy atom. The number of carbonyl (C=O) groups excluding carboxylic acids is 1. The number of amides is 1. The second kappa shape index (κ2) is 5.33. The maximum atomic E-state index is 11.6. The van der Waals surface area contributed by atoms with Crippen LogP contribution in [0.5, 0.6) is 0 Å². The Hall–Kier alpha value is -2.00. The highest BCUT2D eigenvalue weighted by atomic mass is 32.2. The monoisotopic (exact) mass is 288 g/mol. The van der Waals surface area contributed by atoms with Crippen LogP contribution in [-0.4, -0.2) is 30.8 Å². The molecule has 0 saturated heterocycles. The van der Waals surface area contributed by atoms with Crippen molar-refractivity contribution >= 4 is 21.7 Å². The van der Waals surface area contributed by atoms with Gasteiger partial charge in [-0.2, -0.15) is 8.42 Å². The van der Waals surface area contributed by atoms with Gasteiger partial charge in [-0.05, 0) is 12.5 Å². The van der Waals surface area contributed by atoms with Gasteiger partial charge in [-0.15, -0.1) is 0 Å². The average molecular weight is 288 g/mol. The van der Waals surface area contributed by atoms with Gasteiger partial charge in [0.25, 0.3) is 21.7 Å². The van der Waals surface area contributed by atoms with Gasteiger partial charge in [0.05, 0.1) is 16.1 Å². The first kappa shape index (κ1) is 15.1. The average Bonchev–Trinajstić information content (AvgIpc) is 2.34. The molecule has 0 aromatic heterocycles. The molecule has 1 rings (SSSR count). The van der Waals surface area contributed by atoms with Gasteiger partial charge in [0.1, 0.15) is 4.90 Å². The first-order valence-corrected chi connectivity index (χ1v) is 6.67. The first-order chi connectivity index (χ1) is 8.73. The zero-order chi connectivity index (χ0) is 14.8. The fourth-order valence-electron chi connectivity index (χ4n) is 1.74. The molecule has 9 heteroatoms. The van der Waals surface area contributed by atoms with Crippen molar-refractivity contribution in [2.24, 2.45) is 0 Å². The Labute approximate surface area is 109 Å². The van der Waals surface area contributed by atoms with Gasteiger partial charge < -0.3 is 5.32 Å². The number of rotatable bonds is 4. The van der Waals surface area contributed by atoms with Crippen molar-refractivity contribution in [2.45, 2.75) is 18.2 Å². The lowest BCUT2D eigenvalue weighted by Gasteiger charge is -2.10. The molecule has 1 aromatic carbocycles. The van der Waals surface area contributed by atoms with Crippen molar-refractivity contribution in [1.82, 2.24) is 5.32 Å². The third kappa shape index (κ3) is 2.88. The zero-order valence-electron chi connectivity index (χ0n) is 10.2. The number of nitro benzene ring substituents is 1. The third-order valence-corrected chi connectivity index (χ3v) is 3.50. The smallest absolute Gasteiger partial charge is 0.295 e. The van der Waals surface area contributed by atoms with E-state index in [0.29, 0.717) is 0 Å². The molecule has 104 valence electrons. The molecule has 0 spiro atoms. The number of hydrogen-bond acceptors (Lipinski definition) is 5. The van der Waals surface area contributed by atoms with Crippen LogP contribution in [0.4, 0.5) is 5.69 Å². The summed E-state index contributed by atoms with van der Waals surface area (Å²) in [6.07, 6.45) is -0.0176. The maximum Gasteiger partial charge on any atom is 0.295 e. The molecule has 1 amide bonds. The molecule has 19 heavy (non-hydrogen) atoms. The predicted molar refractivity (Wildman–Crippen MR) is 65.7 cm³/mol. The predicted octanol–water partition coefficient (Wildman–Crippen LogP) is 0.763. The van der Waals surface area contributed by atoms with Crippen LogP contribution < -0.4 is 5.32 Å². The van der Waals surface area contributed by atoms with E-state index >= 15 is 0 Å². The van der Waals surface area contributed by atoms with E-state index in [2.05, 4.69) is 5.32 Å². The van der Waals surface area contributed by atoms with E-state index in [-0.39, 0.29) is 17.5 Å². The summed E-state index contributed by atoms with van der Waals surface area (Å²) in [6.45, 7) is 1.49.